The van der Waals surface area contributed by atoms with Gasteiger partial charge in [-0.3, -0.25) is 4.72 Å². The molecule has 1 aliphatic rings. The standard InChI is InChI=1S/C34H35N3O5S/c1-25-33(36-43(2,38)39)7-4-8-34(25)37(23-27-11-9-26(22-35)10-12-27)24-28-13-15-29(16-14-28)41-31-5-3-6-32(21-31)42-30-17-19-40-20-18-30/h3-16,21,30,36H,17-20,23-24H2,1-2H3. The fourth-order valence-electron chi connectivity index (χ4n) is 5.02. The zero-order valence-corrected chi connectivity index (χ0v) is 25.1. The Hall–Kier alpha value is -4.52. The summed E-state index contributed by atoms with van der Waals surface area (Å²) in [6, 6.07) is 30.8. The van der Waals surface area contributed by atoms with E-state index in [-0.39, 0.29) is 6.10 Å². The summed E-state index contributed by atoms with van der Waals surface area (Å²) in [6.07, 6.45) is 3.06. The van der Waals surface area contributed by atoms with Crippen molar-refractivity contribution in [3.05, 3.63) is 113 Å². The molecule has 1 N–H and O–H groups in total. The van der Waals surface area contributed by atoms with Gasteiger partial charge in [0.2, 0.25) is 10.0 Å². The van der Waals surface area contributed by atoms with Gasteiger partial charge in [-0.05, 0) is 72.1 Å². The van der Waals surface area contributed by atoms with Crippen molar-refractivity contribution in [1.29, 1.82) is 5.26 Å². The van der Waals surface area contributed by atoms with E-state index in [0.717, 1.165) is 60.4 Å². The highest BCUT2D eigenvalue weighted by molar-refractivity contribution is 7.92. The molecule has 0 radical (unpaired) electrons. The molecule has 5 rings (SSSR count). The van der Waals surface area contributed by atoms with E-state index < -0.39 is 10.0 Å². The van der Waals surface area contributed by atoms with Gasteiger partial charge in [0.25, 0.3) is 0 Å². The predicted molar refractivity (Wildman–Crippen MR) is 168 cm³/mol. The summed E-state index contributed by atoms with van der Waals surface area (Å²) in [5.74, 6) is 2.19. The number of nitriles is 1. The summed E-state index contributed by atoms with van der Waals surface area (Å²) in [4.78, 5) is 2.19. The zero-order valence-electron chi connectivity index (χ0n) is 24.3. The maximum absolute atomic E-state index is 12.0. The normalized spacial score (nSPS) is 13.6. The lowest BCUT2D eigenvalue weighted by Gasteiger charge is -2.28. The minimum atomic E-state index is -3.43. The molecule has 1 saturated heterocycles. The lowest BCUT2D eigenvalue weighted by atomic mass is 10.1. The fourth-order valence-corrected chi connectivity index (χ4v) is 5.64. The van der Waals surface area contributed by atoms with Gasteiger partial charge in [0.15, 0.2) is 0 Å². The first kappa shape index (κ1) is 30.0. The minimum Gasteiger partial charge on any atom is -0.490 e. The van der Waals surface area contributed by atoms with E-state index in [4.69, 9.17) is 14.2 Å². The number of nitrogens with one attached hydrogen (secondary N) is 1. The van der Waals surface area contributed by atoms with E-state index in [9.17, 15) is 13.7 Å². The van der Waals surface area contributed by atoms with Crippen LogP contribution < -0.4 is 19.1 Å². The van der Waals surface area contributed by atoms with E-state index in [1.165, 1.54) is 0 Å². The highest BCUT2D eigenvalue weighted by atomic mass is 32.2. The summed E-state index contributed by atoms with van der Waals surface area (Å²) < 4.78 is 44.3. The molecule has 1 heterocycles. The van der Waals surface area contributed by atoms with Crippen LogP contribution in [0, 0.1) is 18.3 Å². The quantitative estimate of drug-likeness (QED) is 0.203. The van der Waals surface area contributed by atoms with Crippen LogP contribution in [0.2, 0.25) is 0 Å². The topological polar surface area (TPSA) is 101 Å². The Morgan fingerprint density at radius 1 is 0.884 bits per heavy atom. The highest BCUT2D eigenvalue weighted by Crippen LogP contribution is 2.31. The van der Waals surface area contributed by atoms with Crippen LogP contribution in [0.1, 0.15) is 35.1 Å². The van der Waals surface area contributed by atoms with Gasteiger partial charge in [0.05, 0.1) is 36.8 Å². The molecule has 0 aromatic heterocycles. The largest absolute Gasteiger partial charge is 0.490 e. The zero-order chi connectivity index (χ0) is 30.2. The van der Waals surface area contributed by atoms with Gasteiger partial charge < -0.3 is 19.1 Å². The number of nitrogens with zero attached hydrogens (tertiary/aromatic N) is 2. The Kier molecular flexibility index (Phi) is 9.50. The number of sulfonamides is 1. The number of anilines is 2. The van der Waals surface area contributed by atoms with Crippen LogP contribution in [0.4, 0.5) is 11.4 Å². The maximum atomic E-state index is 12.0. The van der Waals surface area contributed by atoms with Crippen LogP contribution in [0.25, 0.3) is 0 Å². The van der Waals surface area contributed by atoms with Crippen LogP contribution >= 0.6 is 0 Å². The van der Waals surface area contributed by atoms with Gasteiger partial charge in [-0.1, -0.05) is 36.4 Å². The van der Waals surface area contributed by atoms with Gasteiger partial charge in [-0.25, -0.2) is 8.42 Å². The summed E-state index contributed by atoms with van der Waals surface area (Å²) in [7, 11) is -3.43. The molecule has 1 aliphatic heterocycles. The third-order valence-electron chi connectivity index (χ3n) is 7.21. The molecule has 222 valence electrons. The predicted octanol–water partition coefficient (Wildman–Crippen LogP) is 6.80. The molecule has 43 heavy (non-hydrogen) atoms. The average molecular weight is 598 g/mol. The lowest BCUT2D eigenvalue weighted by molar-refractivity contribution is 0.0255. The van der Waals surface area contributed by atoms with Crippen LogP contribution in [-0.4, -0.2) is 34.0 Å². The number of benzene rings is 4. The van der Waals surface area contributed by atoms with Gasteiger partial charge in [-0.15, -0.1) is 0 Å². The molecule has 0 bridgehead atoms. The van der Waals surface area contributed by atoms with Crippen LogP contribution in [0.5, 0.6) is 17.2 Å². The Morgan fingerprint density at radius 3 is 2.16 bits per heavy atom. The van der Waals surface area contributed by atoms with Gasteiger partial charge in [-0.2, -0.15) is 5.26 Å². The Labute approximate surface area is 253 Å². The SMILES string of the molecule is Cc1c(NS(C)(=O)=O)cccc1N(Cc1ccc(C#N)cc1)Cc1ccc(Oc2cccc(OC3CCOCC3)c2)cc1. The Balaban J connectivity index is 1.33. The molecule has 0 saturated carbocycles. The molecular weight excluding hydrogens is 562 g/mol. The third-order valence-corrected chi connectivity index (χ3v) is 7.80. The van der Waals surface area contributed by atoms with Crippen molar-refractivity contribution < 1.29 is 22.6 Å². The summed E-state index contributed by atoms with van der Waals surface area (Å²) in [6.45, 7) is 4.48. The second-order valence-corrected chi connectivity index (χ2v) is 12.4. The van der Waals surface area contributed by atoms with Crippen molar-refractivity contribution >= 4 is 21.4 Å². The van der Waals surface area contributed by atoms with Crippen molar-refractivity contribution in [2.75, 3.05) is 29.1 Å². The number of rotatable bonds is 11. The number of hydrogen-bond acceptors (Lipinski definition) is 7. The van der Waals surface area contributed by atoms with E-state index in [0.29, 0.717) is 35.8 Å². The van der Waals surface area contributed by atoms with Gasteiger partial charge >= 0.3 is 0 Å². The van der Waals surface area contributed by atoms with Crippen molar-refractivity contribution in [1.82, 2.24) is 0 Å². The van der Waals surface area contributed by atoms with Crippen molar-refractivity contribution in [2.24, 2.45) is 0 Å². The van der Waals surface area contributed by atoms with Crippen molar-refractivity contribution in [2.45, 2.75) is 39.0 Å². The Bertz CT molecular complexity index is 1680. The van der Waals surface area contributed by atoms with E-state index in [1.807, 2.05) is 79.7 Å². The Morgan fingerprint density at radius 2 is 1.51 bits per heavy atom. The molecule has 0 amide bonds. The molecule has 4 aromatic carbocycles. The monoisotopic (exact) mass is 597 g/mol. The average Bonchev–Trinajstić information content (AvgIpc) is 2.99. The molecular formula is C34H35N3O5S. The van der Waals surface area contributed by atoms with E-state index in [2.05, 4.69) is 15.7 Å². The fraction of sp³-hybridized carbons (Fsp3) is 0.265. The first-order valence-corrected chi connectivity index (χ1v) is 16.1. The minimum absolute atomic E-state index is 0.155. The third kappa shape index (κ3) is 8.51. The molecule has 0 atom stereocenters. The molecule has 4 aromatic rings. The maximum Gasteiger partial charge on any atom is 0.229 e. The lowest BCUT2D eigenvalue weighted by Crippen LogP contribution is -2.25. The van der Waals surface area contributed by atoms with E-state index in [1.54, 1.807) is 18.2 Å². The molecule has 8 nitrogen and oxygen atoms in total. The van der Waals surface area contributed by atoms with Crippen molar-refractivity contribution in [3.63, 3.8) is 0 Å². The van der Waals surface area contributed by atoms with Crippen LogP contribution in [0.3, 0.4) is 0 Å². The highest BCUT2D eigenvalue weighted by Gasteiger charge is 2.17. The van der Waals surface area contributed by atoms with Gasteiger partial charge in [0.1, 0.15) is 23.4 Å². The molecule has 0 spiro atoms. The summed E-state index contributed by atoms with van der Waals surface area (Å²) in [5.41, 5.74) is 4.95. The second kappa shape index (κ2) is 13.6. The van der Waals surface area contributed by atoms with Crippen molar-refractivity contribution in [3.8, 4) is 23.3 Å². The first-order chi connectivity index (χ1) is 20.8. The second-order valence-electron chi connectivity index (χ2n) is 10.6. The van der Waals surface area contributed by atoms with Crippen LogP contribution in [-0.2, 0) is 27.8 Å². The molecule has 1 fully saturated rings. The van der Waals surface area contributed by atoms with E-state index >= 15 is 0 Å². The first-order valence-electron chi connectivity index (χ1n) is 14.2. The van der Waals surface area contributed by atoms with Gasteiger partial charge in [0, 0.05) is 37.7 Å². The molecule has 9 heteroatoms. The molecule has 0 aliphatic carbocycles. The number of ether oxygens (including phenoxy) is 3. The number of hydrogen-bond donors (Lipinski definition) is 1. The molecule has 0 unspecified atom stereocenters. The summed E-state index contributed by atoms with van der Waals surface area (Å²) >= 11 is 0. The summed E-state index contributed by atoms with van der Waals surface area (Å²) in [5, 5.41) is 9.20. The van der Waals surface area contributed by atoms with Crippen LogP contribution in [0.15, 0.2) is 91.0 Å². The smallest absolute Gasteiger partial charge is 0.229 e.